The van der Waals surface area contributed by atoms with Gasteiger partial charge in [-0.1, -0.05) is 47.6 Å². The average molecular weight is 454 g/mol. The molecule has 0 bridgehead atoms. The molecule has 3 aromatic carbocycles. The predicted molar refractivity (Wildman–Crippen MR) is 127 cm³/mol. The highest BCUT2D eigenvalue weighted by atomic mass is 16.5. The van der Waals surface area contributed by atoms with E-state index in [9.17, 15) is 9.59 Å². The molecule has 1 aromatic heterocycles. The maximum Gasteiger partial charge on any atom is 0.260 e. The number of hydrogen-bond acceptors (Lipinski definition) is 6. The zero-order chi connectivity index (χ0) is 23.5. The number of anilines is 2. The summed E-state index contributed by atoms with van der Waals surface area (Å²) in [7, 11) is 1.59. The Kier molecular flexibility index (Phi) is 5.78. The van der Waals surface area contributed by atoms with Crippen LogP contribution in [0.25, 0.3) is 22.8 Å². The Morgan fingerprint density at radius 2 is 1.76 bits per heavy atom. The van der Waals surface area contributed by atoms with Crippen LogP contribution in [0.4, 0.5) is 11.4 Å². The van der Waals surface area contributed by atoms with Crippen molar-refractivity contribution in [1.29, 1.82) is 0 Å². The number of methoxy groups -OCH3 is 1. The number of nitrogens with one attached hydrogen (secondary N) is 1. The number of carbonyl (C=O) groups excluding carboxylic acids is 2. The van der Waals surface area contributed by atoms with Crippen molar-refractivity contribution in [1.82, 2.24) is 10.1 Å². The number of amides is 2. The molecule has 1 fully saturated rings. The van der Waals surface area contributed by atoms with Crippen LogP contribution in [0.2, 0.25) is 0 Å². The van der Waals surface area contributed by atoms with Crippen molar-refractivity contribution in [2.45, 2.75) is 6.42 Å². The molecule has 2 amide bonds. The van der Waals surface area contributed by atoms with Crippen LogP contribution < -0.4 is 15.0 Å². The summed E-state index contributed by atoms with van der Waals surface area (Å²) in [5.74, 6) is 0.663. The minimum atomic E-state index is -0.481. The number of nitrogens with zero attached hydrogens (tertiary/aromatic N) is 3. The molecule has 1 unspecified atom stereocenters. The molecular weight excluding hydrogens is 432 g/mol. The lowest BCUT2D eigenvalue weighted by atomic mass is 10.1. The Hall–Kier alpha value is -4.46. The number of rotatable bonds is 6. The molecule has 8 nitrogen and oxygen atoms in total. The number of para-hydroxylation sites is 1. The van der Waals surface area contributed by atoms with Crippen molar-refractivity contribution in [3.8, 4) is 28.6 Å². The lowest BCUT2D eigenvalue weighted by Crippen LogP contribution is -2.28. The van der Waals surface area contributed by atoms with Crippen LogP contribution in [0.15, 0.2) is 83.4 Å². The van der Waals surface area contributed by atoms with Gasteiger partial charge in [0.2, 0.25) is 17.6 Å². The second-order valence-electron chi connectivity index (χ2n) is 7.93. The molecular formula is C26H22N4O4. The average Bonchev–Trinajstić information content (AvgIpc) is 3.52. The van der Waals surface area contributed by atoms with Crippen molar-refractivity contribution >= 4 is 23.2 Å². The van der Waals surface area contributed by atoms with Gasteiger partial charge in [0.15, 0.2) is 0 Å². The molecule has 170 valence electrons. The Labute approximate surface area is 196 Å². The molecule has 5 rings (SSSR count). The third-order valence-electron chi connectivity index (χ3n) is 5.75. The molecule has 0 spiro atoms. The zero-order valence-electron chi connectivity index (χ0n) is 18.5. The molecule has 4 aromatic rings. The van der Waals surface area contributed by atoms with Crippen molar-refractivity contribution < 1.29 is 18.8 Å². The first kappa shape index (κ1) is 21.4. The molecule has 0 saturated carbocycles. The third-order valence-corrected chi connectivity index (χ3v) is 5.75. The molecule has 0 radical (unpaired) electrons. The summed E-state index contributed by atoms with van der Waals surface area (Å²) in [5, 5.41) is 7.01. The minimum Gasteiger partial charge on any atom is -0.497 e. The Balaban J connectivity index is 1.32. The lowest BCUT2D eigenvalue weighted by Gasteiger charge is -2.17. The first-order valence-electron chi connectivity index (χ1n) is 10.9. The normalized spacial score (nSPS) is 15.4. The van der Waals surface area contributed by atoms with E-state index in [-0.39, 0.29) is 18.2 Å². The van der Waals surface area contributed by atoms with Gasteiger partial charge in [0.1, 0.15) is 5.75 Å². The van der Waals surface area contributed by atoms with Crippen molar-refractivity contribution in [2.75, 3.05) is 23.9 Å². The summed E-state index contributed by atoms with van der Waals surface area (Å²) in [6.07, 6.45) is 0.138. The largest absolute Gasteiger partial charge is 0.497 e. The first-order chi connectivity index (χ1) is 16.6. The summed E-state index contributed by atoms with van der Waals surface area (Å²) >= 11 is 0. The van der Waals surface area contributed by atoms with E-state index in [1.165, 1.54) is 0 Å². The van der Waals surface area contributed by atoms with Gasteiger partial charge in [-0.2, -0.15) is 4.98 Å². The van der Waals surface area contributed by atoms with Crippen molar-refractivity contribution in [3.63, 3.8) is 0 Å². The van der Waals surface area contributed by atoms with E-state index in [0.717, 1.165) is 11.3 Å². The molecule has 1 aliphatic rings. The van der Waals surface area contributed by atoms with Crippen LogP contribution >= 0.6 is 0 Å². The van der Waals surface area contributed by atoms with Gasteiger partial charge >= 0.3 is 0 Å². The molecule has 0 aliphatic carbocycles. The summed E-state index contributed by atoms with van der Waals surface area (Å²) in [6.45, 7) is 0.303. The van der Waals surface area contributed by atoms with Crippen LogP contribution in [0.5, 0.6) is 5.75 Å². The van der Waals surface area contributed by atoms with E-state index >= 15 is 0 Å². The molecule has 34 heavy (non-hydrogen) atoms. The van der Waals surface area contributed by atoms with E-state index < -0.39 is 5.92 Å². The first-order valence-corrected chi connectivity index (χ1v) is 10.9. The van der Waals surface area contributed by atoms with Gasteiger partial charge in [-0.3, -0.25) is 9.59 Å². The van der Waals surface area contributed by atoms with Gasteiger partial charge in [-0.05, 0) is 36.4 Å². The minimum absolute atomic E-state index is 0.0944. The summed E-state index contributed by atoms with van der Waals surface area (Å²) in [4.78, 5) is 31.8. The molecule has 1 atom stereocenters. The van der Waals surface area contributed by atoms with Crippen LogP contribution in [-0.2, 0) is 9.59 Å². The van der Waals surface area contributed by atoms with Crippen LogP contribution in [0.1, 0.15) is 6.42 Å². The predicted octanol–water partition coefficient (Wildman–Crippen LogP) is 4.40. The van der Waals surface area contributed by atoms with Crippen LogP contribution in [-0.4, -0.2) is 35.6 Å². The lowest BCUT2D eigenvalue weighted by molar-refractivity contribution is -0.122. The number of carbonyl (C=O) groups is 2. The van der Waals surface area contributed by atoms with Gasteiger partial charge < -0.3 is 19.5 Å². The fraction of sp³-hybridized carbons (Fsp3) is 0.154. The van der Waals surface area contributed by atoms with Crippen LogP contribution in [0.3, 0.4) is 0 Å². The van der Waals surface area contributed by atoms with E-state index in [0.29, 0.717) is 35.3 Å². The maximum atomic E-state index is 13.1. The molecule has 8 heteroatoms. The summed E-state index contributed by atoms with van der Waals surface area (Å²) in [5.41, 5.74) is 2.73. The Morgan fingerprint density at radius 3 is 2.53 bits per heavy atom. The monoisotopic (exact) mass is 454 g/mol. The van der Waals surface area contributed by atoms with Crippen LogP contribution in [0, 0.1) is 5.92 Å². The van der Waals surface area contributed by atoms with E-state index in [1.807, 2.05) is 54.6 Å². The molecule has 1 aliphatic heterocycles. The van der Waals surface area contributed by atoms with E-state index in [2.05, 4.69) is 15.5 Å². The highest BCUT2D eigenvalue weighted by molar-refractivity contribution is 6.04. The Bertz CT molecular complexity index is 1320. The number of ether oxygens (including phenoxy) is 1. The molecule has 1 N–H and O–H groups in total. The topological polar surface area (TPSA) is 97.6 Å². The number of hydrogen-bond donors (Lipinski definition) is 1. The van der Waals surface area contributed by atoms with E-state index in [1.54, 1.807) is 36.3 Å². The fourth-order valence-electron chi connectivity index (χ4n) is 3.95. The second kappa shape index (κ2) is 9.19. The smallest absolute Gasteiger partial charge is 0.260 e. The fourth-order valence-corrected chi connectivity index (χ4v) is 3.95. The summed E-state index contributed by atoms with van der Waals surface area (Å²) < 4.78 is 10.7. The van der Waals surface area contributed by atoms with Gasteiger partial charge in [0.25, 0.3) is 5.89 Å². The van der Waals surface area contributed by atoms with Gasteiger partial charge in [-0.25, -0.2) is 0 Å². The van der Waals surface area contributed by atoms with Crippen molar-refractivity contribution in [2.24, 2.45) is 5.92 Å². The SMILES string of the molecule is COc1ccc(N2CC(C(=O)Nc3ccccc3-c3nc(-c4ccccc4)no3)CC2=O)cc1. The zero-order valence-corrected chi connectivity index (χ0v) is 18.5. The third kappa shape index (κ3) is 4.25. The standard InChI is InChI=1S/C26H22N4O4/c1-33-20-13-11-19(12-14-20)30-16-18(15-23(30)31)25(32)27-22-10-6-5-9-21(22)26-28-24(29-34-26)17-7-3-2-4-8-17/h2-14,18H,15-16H2,1H3,(H,27,32). The second-order valence-corrected chi connectivity index (χ2v) is 7.93. The highest BCUT2D eigenvalue weighted by Gasteiger charge is 2.35. The van der Waals surface area contributed by atoms with E-state index in [4.69, 9.17) is 9.26 Å². The van der Waals surface area contributed by atoms with Gasteiger partial charge in [0, 0.05) is 24.2 Å². The van der Waals surface area contributed by atoms with Gasteiger partial charge in [0.05, 0.1) is 24.3 Å². The number of aromatic nitrogens is 2. The highest BCUT2D eigenvalue weighted by Crippen LogP contribution is 2.31. The molecule has 2 heterocycles. The molecule has 1 saturated heterocycles. The van der Waals surface area contributed by atoms with Crippen molar-refractivity contribution in [3.05, 3.63) is 78.9 Å². The number of benzene rings is 3. The quantitative estimate of drug-likeness (QED) is 0.464. The Morgan fingerprint density at radius 1 is 1.03 bits per heavy atom. The maximum absolute atomic E-state index is 13.1. The van der Waals surface area contributed by atoms with Gasteiger partial charge in [-0.15, -0.1) is 0 Å². The summed E-state index contributed by atoms with van der Waals surface area (Å²) in [6, 6.07) is 24.0.